The van der Waals surface area contributed by atoms with Crippen molar-refractivity contribution in [3.05, 3.63) is 48.5 Å². The third kappa shape index (κ3) is 3.28. The predicted molar refractivity (Wildman–Crippen MR) is 103 cm³/mol. The van der Waals surface area contributed by atoms with Gasteiger partial charge in [-0.05, 0) is 42.8 Å². The molecule has 2 aliphatic heterocycles. The first-order valence-electron chi connectivity index (χ1n) is 9.07. The number of thiazole rings is 1. The van der Waals surface area contributed by atoms with E-state index in [-0.39, 0.29) is 0 Å². The van der Waals surface area contributed by atoms with Gasteiger partial charge in [0.05, 0.1) is 10.2 Å². The minimum Gasteiger partial charge on any atom is -0.492 e. The van der Waals surface area contributed by atoms with Gasteiger partial charge in [-0.2, -0.15) is 0 Å². The Morgan fingerprint density at radius 3 is 2.73 bits per heavy atom. The quantitative estimate of drug-likeness (QED) is 0.722. The van der Waals surface area contributed by atoms with E-state index in [9.17, 15) is 0 Å². The van der Waals surface area contributed by atoms with Crippen LogP contribution in [0.1, 0.15) is 6.42 Å². The fourth-order valence-corrected chi connectivity index (χ4v) is 4.64. The van der Waals surface area contributed by atoms with Gasteiger partial charge in [-0.1, -0.05) is 23.5 Å². The molecule has 3 heterocycles. The zero-order valence-electron chi connectivity index (χ0n) is 14.4. The van der Waals surface area contributed by atoms with E-state index in [4.69, 9.17) is 9.47 Å². The van der Waals surface area contributed by atoms with E-state index in [0.717, 1.165) is 48.0 Å². The molecule has 1 aromatic heterocycles. The van der Waals surface area contributed by atoms with Crippen molar-refractivity contribution >= 4 is 21.6 Å². The number of nitrogens with one attached hydrogen (secondary N) is 1. The van der Waals surface area contributed by atoms with Crippen LogP contribution in [0.4, 0.5) is 0 Å². The highest BCUT2D eigenvalue weighted by molar-refractivity contribution is 7.20. The van der Waals surface area contributed by atoms with E-state index in [1.165, 1.54) is 6.42 Å². The molecule has 134 valence electrons. The number of benzene rings is 2. The van der Waals surface area contributed by atoms with Crippen LogP contribution in [0.2, 0.25) is 0 Å². The summed E-state index contributed by atoms with van der Waals surface area (Å²) in [5.41, 5.74) is 0.971. The van der Waals surface area contributed by atoms with E-state index >= 15 is 0 Å². The van der Waals surface area contributed by atoms with Crippen LogP contribution in [0.15, 0.2) is 48.5 Å². The van der Waals surface area contributed by atoms with Crippen molar-refractivity contribution in [3.8, 4) is 16.7 Å². The first-order valence-corrected chi connectivity index (χ1v) is 9.89. The zero-order valence-corrected chi connectivity index (χ0v) is 15.2. The standard InChI is InChI=1S/C20H21N3O2S/c1-2-4-19-18(3-1)22-20(26-19)25-17-7-5-16(6-8-17)24-10-9-23-13-14-11-15(23)12-21-14/h1-8,14-15,21H,9-13H2. The van der Waals surface area contributed by atoms with Crippen LogP contribution in [0.5, 0.6) is 16.7 Å². The van der Waals surface area contributed by atoms with Crippen molar-refractivity contribution in [1.29, 1.82) is 0 Å². The Kier molecular flexibility index (Phi) is 4.24. The Labute approximate surface area is 156 Å². The smallest absolute Gasteiger partial charge is 0.279 e. The largest absolute Gasteiger partial charge is 0.492 e. The molecule has 0 saturated carbocycles. The van der Waals surface area contributed by atoms with Gasteiger partial charge in [0.15, 0.2) is 0 Å². The molecule has 26 heavy (non-hydrogen) atoms. The summed E-state index contributed by atoms with van der Waals surface area (Å²) in [6.07, 6.45) is 1.29. The number of fused-ring (bicyclic) bond motifs is 3. The highest BCUT2D eigenvalue weighted by Gasteiger charge is 2.36. The number of hydrogen-bond donors (Lipinski definition) is 1. The highest BCUT2D eigenvalue weighted by atomic mass is 32.1. The topological polar surface area (TPSA) is 46.6 Å². The fourth-order valence-electron chi connectivity index (χ4n) is 3.80. The minimum atomic E-state index is 0.664. The molecule has 5 nitrogen and oxygen atoms in total. The second-order valence-corrected chi connectivity index (χ2v) is 7.85. The summed E-state index contributed by atoms with van der Waals surface area (Å²) in [4.78, 5) is 7.03. The van der Waals surface area contributed by atoms with Crippen LogP contribution in [-0.2, 0) is 0 Å². The van der Waals surface area contributed by atoms with Gasteiger partial charge in [0.25, 0.3) is 5.19 Å². The molecule has 6 heteroatoms. The Hall–Kier alpha value is -2.15. The number of para-hydroxylation sites is 1. The first-order chi connectivity index (χ1) is 12.8. The SMILES string of the molecule is c1ccc2sc(Oc3ccc(OCCN4CC5CC4CN5)cc3)nc2c1. The number of aromatic nitrogens is 1. The normalized spacial score (nSPS) is 22.2. The van der Waals surface area contributed by atoms with Crippen LogP contribution in [0, 0.1) is 0 Å². The number of ether oxygens (including phenoxy) is 2. The van der Waals surface area contributed by atoms with Crippen LogP contribution >= 0.6 is 11.3 Å². The summed E-state index contributed by atoms with van der Waals surface area (Å²) in [5.74, 6) is 1.66. The third-order valence-electron chi connectivity index (χ3n) is 5.12. The predicted octanol–water partition coefficient (Wildman–Crippen LogP) is 3.51. The average Bonchev–Trinajstić information content (AvgIpc) is 3.38. The zero-order chi connectivity index (χ0) is 17.3. The van der Waals surface area contributed by atoms with E-state index in [0.29, 0.717) is 17.3 Å². The number of piperazine rings is 1. The third-order valence-corrected chi connectivity index (χ3v) is 6.03. The van der Waals surface area contributed by atoms with Gasteiger partial charge >= 0.3 is 0 Å². The average molecular weight is 367 g/mol. The molecule has 2 fully saturated rings. The summed E-state index contributed by atoms with van der Waals surface area (Å²) in [6.45, 7) is 4.00. The first kappa shape index (κ1) is 16.1. The van der Waals surface area contributed by atoms with Crippen molar-refractivity contribution in [2.45, 2.75) is 18.5 Å². The van der Waals surface area contributed by atoms with Crippen LogP contribution < -0.4 is 14.8 Å². The second kappa shape index (κ2) is 6.87. The number of hydrogen-bond acceptors (Lipinski definition) is 6. The van der Waals surface area contributed by atoms with E-state index in [2.05, 4.69) is 21.3 Å². The molecule has 2 bridgehead atoms. The van der Waals surface area contributed by atoms with Gasteiger partial charge in [-0.25, -0.2) is 4.98 Å². The van der Waals surface area contributed by atoms with Crippen molar-refractivity contribution in [2.24, 2.45) is 0 Å². The summed E-state index contributed by atoms with van der Waals surface area (Å²) < 4.78 is 12.9. The highest BCUT2D eigenvalue weighted by Crippen LogP contribution is 2.31. The summed E-state index contributed by atoms with van der Waals surface area (Å²) in [7, 11) is 0. The van der Waals surface area contributed by atoms with Gasteiger partial charge in [0, 0.05) is 31.7 Å². The maximum atomic E-state index is 5.90. The lowest BCUT2D eigenvalue weighted by Crippen LogP contribution is -2.45. The molecule has 0 aliphatic carbocycles. The van der Waals surface area contributed by atoms with Gasteiger partial charge in [0.2, 0.25) is 0 Å². The molecule has 2 aliphatic rings. The Bertz CT molecular complexity index is 862. The van der Waals surface area contributed by atoms with Crippen molar-refractivity contribution < 1.29 is 9.47 Å². The summed E-state index contributed by atoms with van der Waals surface area (Å²) in [6, 6.07) is 17.2. The van der Waals surface area contributed by atoms with Gasteiger partial charge in [0.1, 0.15) is 18.1 Å². The van der Waals surface area contributed by atoms with E-state index in [1.54, 1.807) is 11.3 Å². The molecule has 2 saturated heterocycles. The van der Waals surface area contributed by atoms with Crippen molar-refractivity contribution in [1.82, 2.24) is 15.2 Å². The van der Waals surface area contributed by atoms with Gasteiger partial charge in [-0.15, -0.1) is 0 Å². The molecule has 2 unspecified atom stereocenters. The Morgan fingerprint density at radius 1 is 1.12 bits per heavy atom. The Morgan fingerprint density at radius 2 is 1.96 bits per heavy atom. The summed E-state index contributed by atoms with van der Waals surface area (Å²) >= 11 is 1.55. The van der Waals surface area contributed by atoms with Crippen molar-refractivity contribution in [3.63, 3.8) is 0 Å². The monoisotopic (exact) mass is 367 g/mol. The molecule has 1 N–H and O–H groups in total. The van der Waals surface area contributed by atoms with Gasteiger partial charge < -0.3 is 14.8 Å². The van der Waals surface area contributed by atoms with E-state index in [1.807, 2.05) is 42.5 Å². The number of likely N-dealkylation sites (tertiary alicyclic amines) is 1. The number of rotatable bonds is 6. The molecular formula is C20H21N3O2S. The van der Waals surface area contributed by atoms with Crippen molar-refractivity contribution in [2.75, 3.05) is 26.2 Å². The van der Waals surface area contributed by atoms with E-state index < -0.39 is 0 Å². The second-order valence-electron chi connectivity index (χ2n) is 6.86. The molecule has 0 radical (unpaired) electrons. The molecule has 2 aromatic carbocycles. The summed E-state index contributed by atoms with van der Waals surface area (Å²) in [5, 5.41) is 4.19. The fraction of sp³-hybridized carbons (Fsp3) is 0.350. The molecule has 0 spiro atoms. The maximum Gasteiger partial charge on any atom is 0.279 e. The molecule has 5 rings (SSSR count). The molecule has 2 atom stereocenters. The van der Waals surface area contributed by atoms with Crippen LogP contribution in [-0.4, -0.2) is 48.2 Å². The lowest BCUT2D eigenvalue weighted by molar-refractivity contribution is 0.180. The lowest BCUT2D eigenvalue weighted by Gasteiger charge is -2.26. The molecule has 0 amide bonds. The molecule has 3 aromatic rings. The Balaban J connectivity index is 1.15. The number of nitrogens with zero attached hydrogens (tertiary/aromatic N) is 2. The van der Waals surface area contributed by atoms with Crippen LogP contribution in [0.25, 0.3) is 10.2 Å². The lowest BCUT2D eigenvalue weighted by atomic mass is 10.2. The maximum absolute atomic E-state index is 5.90. The van der Waals surface area contributed by atoms with Crippen LogP contribution in [0.3, 0.4) is 0 Å². The van der Waals surface area contributed by atoms with Gasteiger partial charge in [-0.3, -0.25) is 4.90 Å². The molecular weight excluding hydrogens is 346 g/mol. The minimum absolute atomic E-state index is 0.664.